The maximum Gasteiger partial charge on any atom is 0.233 e. The highest BCUT2D eigenvalue weighted by Crippen LogP contribution is 2.46. The Labute approximate surface area is 189 Å². The van der Waals surface area contributed by atoms with Crippen LogP contribution in [0.4, 0.5) is 5.82 Å². The van der Waals surface area contributed by atoms with E-state index < -0.39 is 5.92 Å². The van der Waals surface area contributed by atoms with Crippen molar-refractivity contribution >= 4 is 39.6 Å². The average molecular weight is 488 g/mol. The third kappa shape index (κ3) is 4.06. The number of nitrogens with zero attached hydrogens (tertiary/aromatic N) is 4. The van der Waals surface area contributed by atoms with Crippen LogP contribution in [0.1, 0.15) is 67.3 Å². The number of nitrogens with one attached hydrogen (secondary N) is 1. The van der Waals surface area contributed by atoms with Crippen molar-refractivity contribution in [1.29, 1.82) is 0 Å². The Kier molecular flexibility index (Phi) is 6.45. The van der Waals surface area contributed by atoms with Crippen LogP contribution in [0.3, 0.4) is 0 Å². The van der Waals surface area contributed by atoms with Gasteiger partial charge in [0.25, 0.3) is 0 Å². The number of aromatic nitrogens is 4. The minimum atomic E-state index is -0.405. The van der Waals surface area contributed by atoms with Gasteiger partial charge in [0.15, 0.2) is 11.9 Å². The predicted molar refractivity (Wildman–Crippen MR) is 122 cm³/mol. The summed E-state index contributed by atoms with van der Waals surface area (Å²) in [6.45, 7) is 10.1. The van der Waals surface area contributed by atoms with E-state index in [4.69, 9.17) is 4.74 Å². The Morgan fingerprint density at radius 3 is 2.71 bits per heavy atom. The molecule has 31 heavy (non-hydrogen) atoms. The van der Waals surface area contributed by atoms with Gasteiger partial charge >= 0.3 is 0 Å². The molecule has 8 nitrogen and oxygen atoms in total. The standard InChI is InChI=1S/C20H20BrN5O3.C2H6/c1-10-5-15-22-8-13-12(7-20(2,3)17(13)26(15)25-10)18(28)23-14-6-11(9-27)16(21)19(24-14)29-4;1-2/h5-6,8-9,12H,7H2,1-4H3,(H,23,24,28);1-2H3. The molecule has 3 aromatic rings. The number of halogens is 1. The van der Waals surface area contributed by atoms with Gasteiger partial charge in [-0.3, -0.25) is 9.59 Å². The van der Waals surface area contributed by atoms with Gasteiger partial charge in [-0.05, 0) is 35.3 Å². The van der Waals surface area contributed by atoms with Crippen LogP contribution in [-0.4, -0.2) is 38.9 Å². The zero-order valence-electron chi connectivity index (χ0n) is 18.5. The van der Waals surface area contributed by atoms with E-state index in [0.717, 1.165) is 22.6 Å². The predicted octanol–water partition coefficient (Wildman–Crippen LogP) is 4.45. The van der Waals surface area contributed by atoms with Crippen molar-refractivity contribution in [3.05, 3.63) is 45.3 Å². The van der Waals surface area contributed by atoms with Crippen LogP contribution in [-0.2, 0) is 10.2 Å². The second kappa shape index (κ2) is 8.74. The number of hydrogen-bond donors (Lipinski definition) is 1. The van der Waals surface area contributed by atoms with Crippen molar-refractivity contribution in [1.82, 2.24) is 19.6 Å². The van der Waals surface area contributed by atoms with Crippen LogP contribution < -0.4 is 10.1 Å². The molecule has 3 aromatic heterocycles. The highest BCUT2D eigenvalue weighted by Gasteiger charge is 2.43. The Hall–Kier alpha value is -2.81. The lowest BCUT2D eigenvalue weighted by Crippen LogP contribution is -2.22. The summed E-state index contributed by atoms with van der Waals surface area (Å²) in [5.41, 5.74) is 3.58. The van der Waals surface area contributed by atoms with Crippen LogP contribution in [0.2, 0.25) is 0 Å². The maximum atomic E-state index is 13.1. The van der Waals surface area contributed by atoms with Gasteiger partial charge in [0.05, 0.1) is 28.9 Å². The normalized spacial score (nSPS) is 16.3. The third-order valence-electron chi connectivity index (χ3n) is 5.21. The van der Waals surface area contributed by atoms with Gasteiger partial charge < -0.3 is 10.1 Å². The van der Waals surface area contributed by atoms with E-state index in [1.165, 1.54) is 13.2 Å². The molecule has 4 rings (SSSR count). The molecular formula is C22H26BrN5O3. The first-order valence-corrected chi connectivity index (χ1v) is 10.9. The summed E-state index contributed by atoms with van der Waals surface area (Å²) in [5.74, 6) is -0.132. The van der Waals surface area contributed by atoms with Gasteiger partial charge in [-0.15, -0.1) is 0 Å². The Morgan fingerprint density at radius 1 is 1.35 bits per heavy atom. The lowest BCUT2D eigenvalue weighted by atomic mass is 9.88. The monoisotopic (exact) mass is 487 g/mol. The Morgan fingerprint density at radius 2 is 2.06 bits per heavy atom. The van der Waals surface area contributed by atoms with E-state index in [-0.39, 0.29) is 23.0 Å². The first kappa shape index (κ1) is 22.9. The zero-order chi connectivity index (χ0) is 22.9. The number of ether oxygens (including phenoxy) is 1. The molecule has 9 heteroatoms. The number of carbonyl (C=O) groups is 2. The number of carbonyl (C=O) groups excluding carboxylic acids is 2. The summed E-state index contributed by atoms with van der Waals surface area (Å²) in [6, 6.07) is 3.43. The topological polar surface area (TPSA) is 98.5 Å². The summed E-state index contributed by atoms with van der Waals surface area (Å²) in [7, 11) is 1.45. The largest absolute Gasteiger partial charge is 0.480 e. The van der Waals surface area contributed by atoms with Crippen LogP contribution in [0.5, 0.6) is 5.88 Å². The highest BCUT2D eigenvalue weighted by atomic mass is 79.9. The molecule has 1 amide bonds. The molecule has 0 saturated carbocycles. The van der Waals surface area contributed by atoms with E-state index in [1.54, 1.807) is 6.20 Å². The van der Waals surface area contributed by atoms with E-state index in [9.17, 15) is 9.59 Å². The molecule has 0 saturated heterocycles. The van der Waals surface area contributed by atoms with Crippen molar-refractivity contribution in [3.8, 4) is 5.88 Å². The molecule has 1 unspecified atom stereocenters. The quantitative estimate of drug-likeness (QED) is 0.545. The molecule has 1 aliphatic carbocycles. The van der Waals surface area contributed by atoms with Gasteiger partial charge in [-0.25, -0.2) is 9.50 Å². The number of aryl methyl sites for hydroxylation is 1. The first-order chi connectivity index (χ1) is 14.7. The van der Waals surface area contributed by atoms with Crippen molar-refractivity contribution in [2.75, 3.05) is 12.4 Å². The fourth-order valence-corrected chi connectivity index (χ4v) is 4.43. The molecule has 0 radical (unpaired) electrons. The Bertz CT molecular complexity index is 1160. The molecule has 0 aromatic carbocycles. The molecule has 1 aliphatic rings. The van der Waals surface area contributed by atoms with Crippen LogP contribution in [0.25, 0.3) is 5.65 Å². The van der Waals surface area contributed by atoms with Crippen molar-refractivity contribution in [2.24, 2.45) is 0 Å². The Balaban J connectivity index is 0.00000132. The first-order valence-electron chi connectivity index (χ1n) is 10.1. The molecule has 164 valence electrons. The molecule has 0 spiro atoms. The smallest absolute Gasteiger partial charge is 0.233 e. The van der Waals surface area contributed by atoms with Crippen molar-refractivity contribution < 1.29 is 14.3 Å². The number of amides is 1. The highest BCUT2D eigenvalue weighted by molar-refractivity contribution is 9.10. The second-order valence-electron chi connectivity index (χ2n) is 7.79. The molecular weight excluding hydrogens is 462 g/mol. The van der Waals surface area contributed by atoms with Crippen LogP contribution in [0.15, 0.2) is 22.8 Å². The number of rotatable bonds is 4. The number of anilines is 1. The third-order valence-corrected chi connectivity index (χ3v) is 6.01. The van der Waals surface area contributed by atoms with E-state index in [1.807, 2.05) is 31.4 Å². The van der Waals surface area contributed by atoms with E-state index >= 15 is 0 Å². The van der Waals surface area contributed by atoms with E-state index in [2.05, 4.69) is 50.2 Å². The fourth-order valence-electron chi connectivity index (χ4n) is 3.97. The maximum absolute atomic E-state index is 13.1. The van der Waals surface area contributed by atoms with Crippen molar-refractivity contribution in [3.63, 3.8) is 0 Å². The summed E-state index contributed by atoms with van der Waals surface area (Å²) in [4.78, 5) is 33.2. The second-order valence-corrected chi connectivity index (χ2v) is 8.58. The van der Waals surface area contributed by atoms with Gasteiger partial charge in [-0.1, -0.05) is 27.7 Å². The lowest BCUT2D eigenvalue weighted by Gasteiger charge is -2.19. The SMILES string of the molecule is CC.COc1nc(NC(=O)C2CC(C)(C)c3c2cnc2cc(C)nn32)cc(C=O)c1Br. The molecule has 1 atom stereocenters. The van der Waals surface area contributed by atoms with Gasteiger partial charge in [0.1, 0.15) is 5.82 Å². The van der Waals surface area contributed by atoms with Crippen molar-refractivity contribution in [2.45, 2.75) is 52.4 Å². The van der Waals surface area contributed by atoms with Gasteiger partial charge in [0, 0.05) is 28.8 Å². The van der Waals surface area contributed by atoms with Gasteiger partial charge in [-0.2, -0.15) is 10.1 Å². The molecule has 0 bridgehead atoms. The summed E-state index contributed by atoms with van der Waals surface area (Å²) >= 11 is 3.28. The summed E-state index contributed by atoms with van der Waals surface area (Å²) < 4.78 is 7.47. The average Bonchev–Trinajstić information content (AvgIpc) is 3.26. The molecule has 1 N–H and O–H groups in total. The van der Waals surface area contributed by atoms with E-state index in [0.29, 0.717) is 22.7 Å². The molecule has 0 aliphatic heterocycles. The summed E-state index contributed by atoms with van der Waals surface area (Å²) in [6.07, 6.45) is 3.05. The number of fused-ring (bicyclic) bond motifs is 3. The lowest BCUT2D eigenvalue weighted by molar-refractivity contribution is -0.117. The number of methoxy groups -OCH3 is 1. The zero-order valence-corrected chi connectivity index (χ0v) is 20.1. The van der Waals surface area contributed by atoms with Crippen LogP contribution in [0, 0.1) is 6.92 Å². The number of pyridine rings is 1. The minimum Gasteiger partial charge on any atom is -0.480 e. The molecule has 3 heterocycles. The van der Waals surface area contributed by atoms with Crippen LogP contribution >= 0.6 is 15.9 Å². The number of hydrogen-bond acceptors (Lipinski definition) is 6. The minimum absolute atomic E-state index is 0.212. The summed E-state index contributed by atoms with van der Waals surface area (Å²) in [5, 5.41) is 7.39. The molecule has 0 fully saturated rings. The number of aldehydes is 1. The fraction of sp³-hybridized carbons (Fsp3) is 0.409. The van der Waals surface area contributed by atoms with Gasteiger partial charge in [0.2, 0.25) is 11.8 Å².